The first-order chi connectivity index (χ1) is 8.04. The fourth-order valence-electron chi connectivity index (χ4n) is 2.15. The zero-order chi connectivity index (χ0) is 12.6. The van der Waals surface area contributed by atoms with E-state index < -0.39 is 0 Å². The van der Waals surface area contributed by atoms with E-state index in [4.69, 9.17) is 16.9 Å². The maximum atomic E-state index is 8.87. The third kappa shape index (κ3) is 2.25. The molecule has 2 rings (SSSR count). The van der Waals surface area contributed by atoms with Crippen molar-refractivity contribution in [2.45, 2.75) is 36.5 Å². The number of hydrogen-bond acceptors (Lipinski definition) is 3. The second kappa shape index (κ2) is 4.80. The molecule has 1 heterocycles. The Bertz CT molecular complexity index is 481. The number of aryl methyl sites for hydroxylation is 1. The van der Waals surface area contributed by atoms with Gasteiger partial charge in [-0.05, 0) is 31.5 Å². The Morgan fingerprint density at radius 2 is 2.24 bits per heavy atom. The Morgan fingerprint density at radius 3 is 2.88 bits per heavy atom. The van der Waals surface area contributed by atoms with Crippen LogP contribution in [-0.4, -0.2) is 18.3 Å². The molecule has 2 atom stereocenters. The minimum Gasteiger partial charge on any atom is -0.369 e. The van der Waals surface area contributed by atoms with Gasteiger partial charge in [-0.1, -0.05) is 11.6 Å². The summed E-state index contributed by atoms with van der Waals surface area (Å²) >= 11 is 8.09. The topological polar surface area (TPSA) is 27.0 Å². The molecule has 4 heteroatoms. The molecule has 90 valence electrons. The van der Waals surface area contributed by atoms with Crippen LogP contribution in [0.25, 0.3) is 0 Å². The summed E-state index contributed by atoms with van der Waals surface area (Å²) in [7, 11) is 2.05. The van der Waals surface area contributed by atoms with Gasteiger partial charge >= 0.3 is 0 Å². The monoisotopic (exact) mass is 266 g/mol. The molecule has 0 radical (unpaired) electrons. The molecule has 0 N–H and O–H groups in total. The first-order valence-electron chi connectivity index (χ1n) is 5.61. The van der Waals surface area contributed by atoms with E-state index in [9.17, 15) is 0 Å². The molecule has 2 unspecified atom stereocenters. The van der Waals surface area contributed by atoms with E-state index >= 15 is 0 Å². The molecule has 0 aromatic heterocycles. The molecule has 1 aliphatic heterocycles. The fourth-order valence-corrected chi connectivity index (χ4v) is 4.10. The number of fused-ring (bicyclic) bond motifs is 1. The Morgan fingerprint density at radius 1 is 1.53 bits per heavy atom. The predicted molar refractivity (Wildman–Crippen MR) is 73.9 cm³/mol. The Labute approximate surface area is 112 Å². The standard InChI is InChI=1S/C13H15ClN2S/c1-8-6-10(14)13-12(7-8)17-11(4-5-15)9(2)16(13)3/h6-7,9,11H,4H2,1-3H3. The third-order valence-electron chi connectivity index (χ3n) is 3.25. The van der Waals surface area contributed by atoms with Crippen molar-refractivity contribution in [3.8, 4) is 6.07 Å². The molecule has 0 aliphatic carbocycles. The molecule has 0 fully saturated rings. The second-order valence-corrected chi connectivity index (χ2v) is 6.15. The van der Waals surface area contributed by atoms with E-state index in [0.717, 1.165) is 10.7 Å². The highest BCUT2D eigenvalue weighted by atomic mass is 35.5. The van der Waals surface area contributed by atoms with Gasteiger partial charge in [-0.2, -0.15) is 5.26 Å². The van der Waals surface area contributed by atoms with Gasteiger partial charge in [0.25, 0.3) is 0 Å². The molecule has 0 bridgehead atoms. The molecule has 1 aromatic rings. The van der Waals surface area contributed by atoms with Crippen LogP contribution < -0.4 is 4.90 Å². The molecule has 1 aliphatic rings. The van der Waals surface area contributed by atoms with Crippen molar-refractivity contribution in [1.29, 1.82) is 5.26 Å². The van der Waals surface area contributed by atoms with E-state index in [1.807, 2.05) is 13.0 Å². The highest BCUT2D eigenvalue weighted by Gasteiger charge is 2.31. The van der Waals surface area contributed by atoms with Crippen LogP contribution in [0.5, 0.6) is 0 Å². The summed E-state index contributed by atoms with van der Waals surface area (Å²) in [6.45, 7) is 4.19. The summed E-state index contributed by atoms with van der Waals surface area (Å²) in [4.78, 5) is 3.38. The lowest BCUT2D eigenvalue weighted by atomic mass is 10.1. The van der Waals surface area contributed by atoms with Crippen molar-refractivity contribution >= 4 is 29.1 Å². The van der Waals surface area contributed by atoms with E-state index in [2.05, 4.69) is 31.0 Å². The maximum absolute atomic E-state index is 8.87. The van der Waals surface area contributed by atoms with Crippen molar-refractivity contribution in [2.75, 3.05) is 11.9 Å². The van der Waals surface area contributed by atoms with Crippen molar-refractivity contribution in [2.24, 2.45) is 0 Å². The summed E-state index contributed by atoms with van der Waals surface area (Å²) in [5, 5.41) is 9.99. The fraction of sp³-hybridized carbons (Fsp3) is 0.462. The smallest absolute Gasteiger partial charge is 0.0694 e. The molecule has 0 saturated heterocycles. The summed E-state index contributed by atoms with van der Waals surface area (Å²) in [5.41, 5.74) is 2.27. The predicted octanol–water partition coefficient (Wildman–Crippen LogP) is 3.86. The number of nitriles is 1. The number of anilines is 1. The summed E-state index contributed by atoms with van der Waals surface area (Å²) < 4.78 is 0. The van der Waals surface area contributed by atoms with E-state index in [-0.39, 0.29) is 0 Å². The molecule has 0 saturated carbocycles. The highest BCUT2D eigenvalue weighted by Crippen LogP contribution is 2.45. The quantitative estimate of drug-likeness (QED) is 0.772. The van der Waals surface area contributed by atoms with Crippen molar-refractivity contribution in [3.63, 3.8) is 0 Å². The Hall–Kier alpha value is -0.850. The lowest BCUT2D eigenvalue weighted by Crippen LogP contribution is -2.40. The van der Waals surface area contributed by atoms with Gasteiger partial charge in [0.15, 0.2) is 0 Å². The van der Waals surface area contributed by atoms with E-state index in [1.165, 1.54) is 10.5 Å². The summed E-state index contributed by atoms with van der Waals surface area (Å²) in [5.74, 6) is 0. The van der Waals surface area contributed by atoms with Gasteiger partial charge < -0.3 is 4.90 Å². The first-order valence-corrected chi connectivity index (χ1v) is 6.87. The van der Waals surface area contributed by atoms with Gasteiger partial charge in [0.05, 0.1) is 16.8 Å². The molecule has 1 aromatic carbocycles. The van der Waals surface area contributed by atoms with Crippen LogP contribution >= 0.6 is 23.4 Å². The average molecular weight is 267 g/mol. The van der Waals surface area contributed by atoms with Crippen LogP contribution in [0.4, 0.5) is 5.69 Å². The van der Waals surface area contributed by atoms with Gasteiger partial charge in [0.2, 0.25) is 0 Å². The van der Waals surface area contributed by atoms with E-state index in [1.54, 1.807) is 11.8 Å². The number of halogens is 1. The number of rotatable bonds is 1. The van der Waals surface area contributed by atoms with Crippen molar-refractivity contribution < 1.29 is 0 Å². The molecule has 2 nitrogen and oxygen atoms in total. The SMILES string of the molecule is Cc1cc(Cl)c2c(c1)SC(CC#N)C(C)N2C. The number of hydrogen-bond donors (Lipinski definition) is 0. The van der Waals surface area contributed by atoms with Crippen molar-refractivity contribution in [3.05, 3.63) is 22.7 Å². The minimum atomic E-state index is 0.315. The average Bonchev–Trinajstić information content (AvgIpc) is 2.24. The largest absolute Gasteiger partial charge is 0.369 e. The van der Waals surface area contributed by atoms with Gasteiger partial charge in [0.1, 0.15) is 0 Å². The van der Waals surface area contributed by atoms with Crippen LogP contribution in [0.15, 0.2) is 17.0 Å². The normalized spacial score (nSPS) is 23.1. The van der Waals surface area contributed by atoms with E-state index in [0.29, 0.717) is 17.7 Å². The van der Waals surface area contributed by atoms with Crippen LogP contribution in [0.1, 0.15) is 18.9 Å². The van der Waals surface area contributed by atoms with Crippen LogP contribution in [0, 0.1) is 18.3 Å². The van der Waals surface area contributed by atoms with Crippen LogP contribution in [0.3, 0.4) is 0 Å². The molecular weight excluding hydrogens is 252 g/mol. The second-order valence-electron chi connectivity index (χ2n) is 4.46. The molecule has 17 heavy (non-hydrogen) atoms. The van der Waals surface area contributed by atoms with Gasteiger partial charge in [-0.3, -0.25) is 0 Å². The molecule has 0 spiro atoms. The maximum Gasteiger partial charge on any atom is 0.0694 e. The Balaban J connectivity index is 2.46. The number of thioether (sulfide) groups is 1. The lowest BCUT2D eigenvalue weighted by molar-refractivity contribution is 0.638. The Kier molecular flexibility index (Phi) is 3.56. The van der Waals surface area contributed by atoms with Gasteiger partial charge in [0, 0.05) is 29.7 Å². The number of benzene rings is 1. The summed E-state index contributed by atoms with van der Waals surface area (Å²) in [6.07, 6.45) is 0.571. The lowest BCUT2D eigenvalue weighted by Gasteiger charge is -2.39. The molecule has 0 amide bonds. The minimum absolute atomic E-state index is 0.315. The highest BCUT2D eigenvalue weighted by molar-refractivity contribution is 8.00. The zero-order valence-electron chi connectivity index (χ0n) is 10.2. The summed E-state index contributed by atoms with van der Waals surface area (Å²) in [6, 6.07) is 6.74. The third-order valence-corrected chi connectivity index (χ3v) is 4.96. The zero-order valence-corrected chi connectivity index (χ0v) is 11.8. The molecular formula is C13H15ClN2S. The number of nitrogens with zero attached hydrogens (tertiary/aromatic N) is 2. The first kappa shape index (κ1) is 12.6. The van der Waals surface area contributed by atoms with Crippen LogP contribution in [0.2, 0.25) is 5.02 Å². The van der Waals surface area contributed by atoms with Crippen molar-refractivity contribution in [1.82, 2.24) is 0 Å². The van der Waals surface area contributed by atoms with Crippen LogP contribution in [-0.2, 0) is 0 Å². The van der Waals surface area contributed by atoms with Gasteiger partial charge in [-0.25, -0.2) is 0 Å². The van der Waals surface area contributed by atoms with Gasteiger partial charge in [-0.15, -0.1) is 11.8 Å².